The summed E-state index contributed by atoms with van der Waals surface area (Å²) in [6.07, 6.45) is 6.25. The number of fused-ring (bicyclic) bond motifs is 3. The lowest BCUT2D eigenvalue weighted by atomic mass is 9.66. The number of piperidine rings is 1. The Kier molecular flexibility index (Phi) is 6.95. The third-order valence-corrected chi connectivity index (χ3v) is 7.72. The van der Waals surface area contributed by atoms with Crippen molar-refractivity contribution in [1.29, 1.82) is 0 Å². The third kappa shape index (κ3) is 4.28. The molecule has 0 aliphatic carbocycles. The lowest BCUT2D eigenvalue weighted by Crippen LogP contribution is -2.51. The Morgan fingerprint density at radius 1 is 1.11 bits per heavy atom. The molecule has 1 fully saturated rings. The van der Waals surface area contributed by atoms with Crippen molar-refractivity contribution in [2.75, 3.05) is 46.1 Å². The van der Waals surface area contributed by atoms with Gasteiger partial charge in [0.1, 0.15) is 18.9 Å². The molecule has 2 atom stereocenters. The summed E-state index contributed by atoms with van der Waals surface area (Å²) in [5.41, 5.74) is 4.11. The summed E-state index contributed by atoms with van der Waals surface area (Å²) in [6.45, 7) is 4.79. The number of esters is 2. The second kappa shape index (κ2) is 10.1. The minimum Gasteiger partial charge on any atom is -0.463 e. The van der Waals surface area contributed by atoms with Crippen LogP contribution in [0.1, 0.15) is 49.9 Å². The number of nitrogens with zero attached hydrogens (tertiary/aromatic N) is 2. The molecule has 3 aliphatic rings. The van der Waals surface area contributed by atoms with Gasteiger partial charge in [0.25, 0.3) is 0 Å². The zero-order valence-electron chi connectivity index (χ0n) is 20.3. The molecule has 1 aromatic heterocycles. The molecule has 35 heavy (non-hydrogen) atoms. The van der Waals surface area contributed by atoms with E-state index in [1.807, 2.05) is 6.07 Å². The van der Waals surface area contributed by atoms with Crippen molar-refractivity contribution in [3.8, 4) is 0 Å². The molecule has 0 unspecified atom stereocenters. The fraction of sp³-hybridized carbons (Fsp3) is 0.556. The SMILES string of the molecule is CC[C@@]12C=C(C(=O)OCCC(=O)OCCOCCO)n3c4c(c5ccccc53)CCN(CCC1)[C@H]42. The molecule has 0 amide bonds. The minimum absolute atomic E-state index is 0.0150. The van der Waals surface area contributed by atoms with Gasteiger partial charge < -0.3 is 23.9 Å². The van der Waals surface area contributed by atoms with Crippen LogP contribution in [0.4, 0.5) is 0 Å². The maximum Gasteiger partial charge on any atom is 0.355 e. The molecular formula is C27H34N2O6. The number of carbonyl (C=O) groups excluding carboxylic acids is 2. The van der Waals surface area contributed by atoms with Crippen molar-refractivity contribution in [3.63, 3.8) is 0 Å². The van der Waals surface area contributed by atoms with E-state index < -0.39 is 11.9 Å². The Labute approximate surface area is 205 Å². The van der Waals surface area contributed by atoms with Gasteiger partial charge in [-0.15, -0.1) is 0 Å². The van der Waals surface area contributed by atoms with Crippen LogP contribution in [0.15, 0.2) is 30.3 Å². The van der Waals surface area contributed by atoms with Crippen molar-refractivity contribution >= 4 is 28.5 Å². The third-order valence-electron chi connectivity index (χ3n) is 7.72. The van der Waals surface area contributed by atoms with Gasteiger partial charge >= 0.3 is 11.9 Å². The summed E-state index contributed by atoms with van der Waals surface area (Å²) in [5.74, 6) is -0.846. The van der Waals surface area contributed by atoms with Crippen molar-refractivity contribution in [2.45, 2.75) is 45.1 Å². The van der Waals surface area contributed by atoms with Crippen molar-refractivity contribution < 1.29 is 28.9 Å². The molecule has 0 bridgehead atoms. The predicted octanol–water partition coefficient (Wildman–Crippen LogP) is 3.07. The number of rotatable bonds is 10. The molecule has 188 valence electrons. The van der Waals surface area contributed by atoms with Crippen LogP contribution >= 0.6 is 0 Å². The molecule has 0 spiro atoms. The molecule has 4 heterocycles. The van der Waals surface area contributed by atoms with Gasteiger partial charge in [-0.25, -0.2) is 4.79 Å². The Balaban J connectivity index is 1.37. The second-order valence-electron chi connectivity index (χ2n) is 9.57. The number of aliphatic hydroxyl groups is 1. The van der Waals surface area contributed by atoms with Gasteiger partial charge in [-0.3, -0.25) is 9.69 Å². The number of ether oxygens (including phenoxy) is 3. The van der Waals surface area contributed by atoms with Crippen LogP contribution < -0.4 is 0 Å². The van der Waals surface area contributed by atoms with Gasteiger partial charge in [-0.1, -0.05) is 25.1 Å². The normalized spacial score (nSPS) is 23.0. The smallest absolute Gasteiger partial charge is 0.355 e. The van der Waals surface area contributed by atoms with Crippen LogP contribution in [0, 0.1) is 5.41 Å². The lowest BCUT2D eigenvalue weighted by Gasteiger charge is -2.53. The van der Waals surface area contributed by atoms with Crippen LogP contribution in [-0.2, 0) is 30.2 Å². The van der Waals surface area contributed by atoms with E-state index in [0.29, 0.717) is 5.70 Å². The Morgan fingerprint density at radius 2 is 1.97 bits per heavy atom. The summed E-state index contributed by atoms with van der Waals surface area (Å²) in [6, 6.07) is 8.59. The summed E-state index contributed by atoms with van der Waals surface area (Å²) >= 11 is 0. The summed E-state index contributed by atoms with van der Waals surface area (Å²) in [5, 5.41) is 9.91. The Bertz CT molecular complexity index is 1140. The van der Waals surface area contributed by atoms with E-state index in [2.05, 4.69) is 40.7 Å². The van der Waals surface area contributed by atoms with Crippen molar-refractivity contribution in [3.05, 3.63) is 41.6 Å². The van der Waals surface area contributed by atoms with Crippen LogP contribution in [0.25, 0.3) is 16.6 Å². The number of para-hydroxylation sites is 1. The molecule has 0 radical (unpaired) electrons. The van der Waals surface area contributed by atoms with E-state index in [4.69, 9.17) is 19.3 Å². The molecule has 8 heteroatoms. The lowest BCUT2D eigenvalue weighted by molar-refractivity contribution is -0.148. The van der Waals surface area contributed by atoms with Gasteiger partial charge in [0, 0.05) is 23.0 Å². The largest absolute Gasteiger partial charge is 0.463 e. The first-order valence-electron chi connectivity index (χ1n) is 12.7. The predicted molar refractivity (Wildman–Crippen MR) is 131 cm³/mol. The number of carbonyl (C=O) groups is 2. The van der Waals surface area contributed by atoms with Gasteiger partial charge in [-0.05, 0) is 49.9 Å². The molecular weight excluding hydrogens is 448 g/mol. The monoisotopic (exact) mass is 482 g/mol. The van der Waals surface area contributed by atoms with Gasteiger partial charge in [0.15, 0.2) is 0 Å². The quantitative estimate of drug-likeness (QED) is 0.411. The van der Waals surface area contributed by atoms with Gasteiger partial charge in [0.2, 0.25) is 0 Å². The highest BCUT2D eigenvalue weighted by molar-refractivity contribution is 6.13. The molecule has 1 aromatic carbocycles. The van der Waals surface area contributed by atoms with Crippen LogP contribution in [0.3, 0.4) is 0 Å². The number of hydrogen-bond acceptors (Lipinski definition) is 7. The Morgan fingerprint density at radius 3 is 2.80 bits per heavy atom. The molecule has 0 saturated carbocycles. The summed E-state index contributed by atoms with van der Waals surface area (Å²) in [7, 11) is 0. The fourth-order valence-electron chi connectivity index (χ4n) is 6.18. The molecule has 5 rings (SSSR count). The maximum absolute atomic E-state index is 13.4. The first-order chi connectivity index (χ1) is 17.1. The zero-order valence-corrected chi connectivity index (χ0v) is 20.3. The molecule has 3 aliphatic heterocycles. The maximum atomic E-state index is 13.4. The molecule has 8 nitrogen and oxygen atoms in total. The van der Waals surface area contributed by atoms with Crippen molar-refractivity contribution in [1.82, 2.24) is 9.47 Å². The molecule has 2 aromatic rings. The van der Waals surface area contributed by atoms with Crippen LogP contribution in [0.5, 0.6) is 0 Å². The van der Waals surface area contributed by atoms with Gasteiger partial charge in [0.05, 0.1) is 37.8 Å². The van der Waals surface area contributed by atoms with E-state index in [0.717, 1.165) is 44.3 Å². The van der Waals surface area contributed by atoms with E-state index in [9.17, 15) is 9.59 Å². The number of aromatic nitrogens is 1. The van der Waals surface area contributed by atoms with Crippen LogP contribution in [-0.4, -0.2) is 72.6 Å². The van der Waals surface area contributed by atoms with E-state index >= 15 is 0 Å². The van der Waals surface area contributed by atoms with Crippen molar-refractivity contribution in [2.24, 2.45) is 5.41 Å². The number of hydrogen-bond donors (Lipinski definition) is 1. The average molecular weight is 483 g/mol. The van der Waals surface area contributed by atoms with Gasteiger partial charge in [-0.2, -0.15) is 0 Å². The zero-order chi connectivity index (χ0) is 24.4. The first-order valence-corrected chi connectivity index (χ1v) is 12.7. The Hall–Kier alpha value is -2.68. The summed E-state index contributed by atoms with van der Waals surface area (Å²) in [4.78, 5) is 28.0. The fourth-order valence-corrected chi connectivity index (χ4v) is 6.18. The highest BCUT2D eigenvalue weighted by Gasteiger charge is 2.51. The second-order valence-corrected chi connectivity index (χ2v) is 9.57. The van der Waals surface area contributed by atoms with E-state index in [1.165, 1.54) is 16.6 Å². The topological polar surface area (TPSA) is 90.2 Å². The average Bonchev–Trinajstić information content (AvgIpc) is 3.22. The minimum atomic E-state index is -0.445. The number of benzene rings is 1. The molecule has 1 N–H and O–H groups in total. The van der Waals surface area contributed by atoms with E-state index in [-0.39, 0.29) is 50.9 Å². The summed E-state index contributed by atoms with van der Waals surface area (Å²) < 4.78 is 17.9. The van der Waals surface area contributed by atoms with Crippen LogP contribution in [0.2, 0.25) is 0 Å². The highest BCUT2D eigenvalue weighted by atomic mass is 16.6. The highest BCUT2D eigenvalue weighted by Crippen LogP contribution is 2.57. The number of aliphatic hydroxyl groups excluding tert-OH is 1. The molecule has 1 saturated heterocycles. The van der Waals surface area contributed by atoms with E-state index in [1.54, 1.807) is 0 Å². The standard InChI is InChI=1S/C27H34N2O6/c1-2-27-10-5-11-28-12-8-20-19-6-3-4-7-21(19)29(24(20)25(27)28)22(18-27)26(32)35-14-9-23(31)34-17-16-33-15-13-30/h3-4,6-7,18,25,30H,2,5,8-17H2,1H3/t25-,27+/m1/s1. The first kappa shape index (κ1) is 24.0.